The van der Waals surface area contributed by atoms with Crippen LogP contribution in [0.15, 0.2) is 41.0 Å². The van der Waals surface area contributed by atoms with E-state index in [4.69, 9.17) is 4.42 Å². The topological polar surface area (TPSA) is 60.5 Å². The van der Waals surface area contributed by atoms with Gasteiger partial charge in [-0.15, -0.1) is 0 Å². The Kier molecular flexibility index (Phi) is 4.63. The van der Waals surface area contributed by atoms with E-state index in [1.807, 2.05) is 11.8 Å². The van der Waals surface area contributed by atoms with E-state index in [0.29, 0.717) is 31.9 Å². The van der Waals surface area contributed by atoms with Gasteiger partial charge in [-0.05, 0) is 30.7 Å². The van der Waals surface area contributed by atoms with Gasteiger partial charge in [0.05, 0.1) is 12.3 Å². The van der Waals surface area contributed by atoms with Crippen LogP contribution in [0.25, 0.3) is 0 Å². The highest BCUT2D eigenvalue weighted by molar-refractivity contribution is 5.92. The van der Waals surface area contributed by atoms with Gasteiger partial charge in [-0.1, -0.05) is 12.1 Å². The molecule has 1 aromatic carbocycles. The van der Waals surface area contributed by atoms with Gasteiger partial charge in [-0.25, -0.2) is 4.39 Å². The van der Waals surface area contributed by atoms with E-state index in [9.17, 15) is 14.4 Å². The van der Waals surface area contributed by atoms with Gasteiger partial charge in [0.15, 0.2) is 5.76 Å². The lowest BCUT2D eigenvalue weighted by Gasteiger charge is -2.36. The van der Waals surface area contributed by atoms with E-state index >= 15 is 0 Å². The second-order valence-corrected chi connectivity index (χ2v) is 5.84. The molecule has 2 heterocycles. The maximum Gasteiger partial charge on any atom is 0.289 e. The van der Waals surface area contributed by atoms with Crippen LogP contribution < -0.4 is 0 Å². The van der Waals surface area contributed by atoms with E-state index in [1.165, 1.54) is 18.4 Å². The summed E-state index contributed by atoms with van der Waals surface area (Å²) in [6.07, 6.45) is 1.51. The summed E-state index contributed by atoms with van der Waals surface area (Å²) in [5, 5.41) is 9.48. The SMILES string of the molecule is Cc1ccoc1C(=O)N1CCN(C(C#N)c2ccc(F)cc2)CC1. The molecule has 1 saturated heterocycles. The molecule has 5 nitrogen and oxygen atoms in total. The summed E-state index contributed by atoms with van der Waals surface area (Å²) in [7, 11) is 0. The van der Waals surface area contributed by atoms with Gasteiger partial charge in [0.1, 0.15) is 11.9 Å². The molecule has 0 radical (unpaired) electrons. The van der Waals surface area contributed by atoms with Crippen LogP contribution in [0.5, 0.6) is 0 Å². The lowest BCUT2D eigenvalue weighted by atomic mass is 10.1. The molecule has 1 unspecified atom stereocenters. The van der Waals surface area contributed by atoms with Crippen molar-refractivity contribution >= 4 is 5.91 Å². The summed E-state index contributed by atoms with van der Waals surface area (Å²) in [5.74, 6) is -0.0640. The first-order chi connectivity index (χ1) is 11.6. The largest absolute Gasteiger partial charge is 0.459 e. The Hall–Kier alpha value is -2.65. The van der Waals surface area contributed by atoms with Crippen LogP contribution in [0.2, 0.25) is 0 Å². The van der Waals surface area contributed by atoms with Gasteiger partial charge < -0.3 is 9.32 Å². The Morgan fingerprint density at radius 3 is 2.42 bits per heavy atom. The third-order valence-corrected chi connectivity index (χ3v) is 4.33. The van der Waals surface area contributed by atoms with Crippen LogP contribution in [0.1, 0.15) is 27.7 Å². The lowest BCUT2D eigenvalue weighted by molar-refractivity contribution is 0.0575. The first-order valence-corrected chi connectivity index (χ1v) is 7.82. The third kappa shape index (κ3) is 3.17. The van der Waals surface area contributed by atoms with Gasteiger partial charge in [-0.2, -0.15) is 5.26 Å². The number of aryl methyl sites for hydroxylation is 1. The van der Waals surface area contributed by atoms with E-state index in [-0.39, 0.29) is 11.7 Å². The van der Waals surface area contributed by atoms with Crippen LogP contribution in [-0.4, -0.2) is 41.9 Å². The average molecular weight is 327 g/mol. The Labute approximate surface area is 139 Å². The zero-order valence-corrected chi connectivity index (χ0v) is 13.4. The predicted octanol–water partition coefficient (Wildman–Crippen LogP) is 2.75. The van der Waals surface area contributed by atoms with Gasteiger partial charge in [-0.3, -0.25) is 9.69 Å². The van der Waals surface area contributed by atoms with Crippen molar-refractivity contribution < 1.29 is 13.6 Å². The third-order valence-electron chi connectivity index (χ3n) is 4.33. The summed E-state index contributed by atoms with van der Waals surface area (Å²) in [6.45, 7) is 4.06. The molecule has 2 aromatic rings. The number of piperazine rings is 1. The Morgan fingerprint density at radius 1 is 1.21 bits per heavy atom. The fourth-order valence-corrected chi connectivity index (χ4v) is 2.93. The number of nitriles is 1. The second-order valence-electron chi connectivity index (χ2n) is 5.84. The van der Waals surface area contributed by atoms with E-state index in [1.54, 1.807) is 23.1 Å². The molecule has 0 saturated carbocycles. The first-order valence-electron chi connectivity index (χ1n) is 7.82. The lowest BCUT2D eigenvalue weighted by Crippen LogP contribution is -2.49. The zero-order valence-electron chi connectivity index (χ0n) is 13.4. The molecule has 24 heavy (non-hydrogen) atoms. The minimum Gasteiger partial charge on any atom is -0.459 e. The summed E-state index contributed by atoms with van der Waals surface area (Å²) >= 11 is 0. The van der Waals surface area contributed by atoms with Gasteiger partial charge in [0.25, 0.3) is 5.91 Å². The van der Waals surface area contributed by atoms with Crippen molar-refractivity contribution in [3.05, 3.63) is 59.3 Å². The van der Waals surface area contributed by atoms with Crippen LogP contribution in [0.4, 0.5) is 4.39 Å². The molecule has 0 N–H and O–H groups in total. The number of hydrogen-bond donors (Lipinski definition) is 0. The van der Waals surface area contributed by atoms with Gasteiger partial charge in [0, 0.05) is 31.7 Å². The molecule has 1 amide bonds. The number of hydrogen-bond acceptors (Lipinski definition) is 4. The van der Waals surface area contributed by atoms with Crippen molar-refractivity contribution in [2.45, 2.75) is 13.0 Å². The van der Waals surface area contributed by atoms with Crippen molar-refractivity contribution in [3.8, 4) is 6.07 Å². The Bertz CT molecular complexity index is 755. The highest BCUT2D eigenvalue weighted by Gasteiger charge is 2.29. The summed E-state index contributed by atoms with van der Waals surface area (Å²) in [6, 6.07) is 9.58. The second kappa shape index (κ2) is 6.85. The number of furan rings is 1. The number of amides is 1. The summed E-state index contributed by atoms with van der Waals surface area (Å²) in [4.78, 5) is 16.2. The molecule has 124 valence electrons. The highest BCUT2D eigenvalue weighted by atomic mass is 19.1. The van der Waals surface area contributed by atoms with Crippen LogP contribution >= 0.6 is 0 Å². The number of carbonyl (C=O) groups excluding carboxylic acids is 1. The minimum atomic E-state index is -0.437. The monoisotopic (exact) mass is 327 g/mol. The van der Waals surface area contributed by atoms with E-state index in [0.717, 1.165) is 11.1 Å². The van der Waals surface area contributed by atoms with Crippen molar-refractivity contribution in [1.82, 2.24) is 9.80 Å². The fraction of sp³-hybridized carbons (Fsp3) is 0.333. The molecule has 1 aliphatic rings. The van der Waals surface area contributed by atoms with Gasteiger partial charge in [0.2, 0.25) is 0 Å². The molecular formula is C18H18FN3O2. The van der Waals surface area contributed by atoms with E-state index < -0.39 is 6.04 Å². The van der Waals surface area contributed by atoms with Crippen LogP contribution in [-0.2, 0) is 0 Å². The maximum absolute atomic E-state index is 13.1. The molecule has 1 aliphatic heterocycles. The number of rotatable bonds is 3. The molecule has 1 fully saturated rings. The fourth-order valence-electron chi connectivity index (χ4n) is 2.93. The average Bonchev–Trinajstić information content (AvgIpc) is 3.03. The van der Waals surface area contributed by atoms with Crippen molar-refractivity contribution in [3.63, 3.8) is 0 Å². The van der Waals surface area contributed by atoms with Crippen molar-refractivity contribution in [1.29, 1.82) is 5.26 Å². The van der Waals surface area contributed by atoms with E-state index in [2.05, 4.69) is 6.07 Å². The molecule has 0 bridgehead atoms. The quantitative estimate of drug-likeness (QED) is 0.870. The zero-order chi connectivity index (χ0) is 17.1. The van der Waals surface area contributed by atoms with Crippen LogP contribution in [0.3, 0.4) is 0 Å². The molecule has 3 rings (SSSR count). The molecule has 0 spiro atoms. The normalized spacial score (nSPS) is 16.6. The Morgan fingerprint density at radius 2 is 1.88 bits per heavy atom. The first kappa shape index (κ1) is 16.2. The smallest absolute Gasteiger partial charge is 0.289 e. The molecule has 1 aromatic heterocycles. The minimum absolute atomic E-state index is 0.118. The molecule has 0 aliphatic carbocycles. The van der Waals surface area contributed by atoms with Gasteiger partial charge >= 0.3 is 0 Å². The number of carbonyl (C=O) groups is 1. The highest BCUT2D eigenvalue weighted by Crippen LogP contribution is 2.23. The number of benzene rings is 1. The standard InChI is InChI=1S/C18H18FN3O2/c1-13-6-11-24-17(13)18(23)22-9-7-21(8-10-22)16(12-20)14-2-4-15(19)5-3-14/h2-6,11,16H,7-10H2,1H3. The molecular weight excluding hydrogens is 309 g/mol. The molecule has 6 heteroatoms. The maximum atomic E-state index is 13.1. The Balaban J connectivity index is 1.66. The molecule has 1 atom stereocenters. The summed E-state index contributed by atoms with van der Waals surface area (Å²) in [5.41, 5.74) is 1.59. The van der Waals surface area contributed by atoms with Crippen molar-refractivity contribution in [2.24, 2.45) is 0 Å². The number of nitrogens with zero attached hydrogens (tertiary/aromatic N) is 3. The predicted molar refractivity (Wildman–Crippen MR) is 85.7 cm³/mol. The van der Waals surface area contributed by atoms with Crippen molar-refractivity contribution in [2.75, 3.05) is 26.2 Å². The number of halogens is 1. The summed E-state index contributed by atoms with van der Waals surface area (Å²) < 4.78 is 18.3. The van der Waals surface area contributed by atoms with Crippen LogP contribution in [0, 0.1) is 24.1 Å².